The van der Waals surface area contributed by atoms with Crippen LogP contribution in [0.5, 0.6) is 0 Å². The van der Waals surface area contributed by atoms with Gasteiger partial charge in [0.05, 0.1) is 0 Å². The molecule has 2 aliphatic heterocycles. The third kappa shape index (κ3) is 9.06. The zero-order valence-corrected chi connectivity index (χ0v) is 17.6. The highest BCUT2D eigenvalue weighted by molar-refractivity contribution is 4.87. The normalized spacial score (nSPS) is 20.5. The van der Waals surface area contributed by atoms with Crippen molar-refractivity contribution >= 4 is 0 Å². The number of piperidine rings is 2. The van der Waals surface area contributed by atoms with Crippen LogP contribution in [0, 0.1) is 24.7 Å². The van der Waals surface area contributed by atoms with Crippen LogP contribution in [0.1, 0.15) is 38.5 Å². The van der Waals surface area contributed by atoms with Crippen molar-refractivity contribution in [2.75, 3.05) is 67.5 Å². The van der Waals surface area contributed by atoms with Crippen LogP contribution in [0.25, 0.3) is 0 Å². The van der Waals surface area contributed by atoms with E-state index < -0.39 is 0 Å². The number of nitrogens with zero attached hydrogens (tertiary/aromatic N) is 4. The van der Waals surface area contributed by atoms with Crippen LogP contribution in [0.4, 0.5) is 0 Å². The topological polar surface area (TPSA) is 13.0 Å². The van der Waals surface area contributed by atoms with Gasteiger partial charge in [0.25, 0.3) is 0 Å². The molecule has 0 radical (unpaired) electrons. The second kappa shape index (κ2) is 13.2. The van der Waals surface area contributed by atoms with Crippen LogP contribution in [0.15, 0.2) is 0 Å². The molecule has 26 heavy (non-hydrogen) atoms. The SMILES string of the molecule is C#CCCN1CCC(N(C)C)CC1.C#CCCN1CCC(N(C)C)CC1. The highest BCUT2D eigenvalue weighted by atomic mass is 15.2. The van der Waals surface area contributed by atoms with Crippen molar-refractivity contribution in [1.82, 2.24) is 19.6 Å². The van der Waals surface area contributed by atoms with Gasteiger partial charge in [-0.15, -0.1) is 24.7 Å². The average molecular weight is 361 g/mol. The molecule has 2 rings (SSSR count). The zero-order chi connectivity index (χ0) is 19.4. The maximum absolute atomic E-state index is 5.24. The summed E-state index contributed by atoms with van der Waals surface area (Å²) in [5.74, 6) is 5.39. The molecule has 0 aromatic heterocycles. The standard InChI is InChI=1S/2C11H20N2/c2*1-4-5-8-13-9-6-11(7-10-13)12(2)3/h2*1,11H,5-10H2,2-3H3. The van der Waals surface area contributed by atoms with Crippen molar-refractivity contribution in [3.63, 3.8) is 0 Å². The Balaban J connectivity index is 0.000000260. The molecule has 0 saturated carbocycles. The summed E-state index contributed by atoms with van der Waals surface area (Å²) in [7, 11) is 8.67. The van der Waals surface area contributed by atoms with Crippen molar-refractivity contribution in [3.8, 4) is 24.7 Å². The maximum atomic E-state index is 5.24. The lowest BCUT2D eigenvalue weighted by Gasteiger charge is -2.34. The third-order valence-electron chi connectivity index (χ3n) is 5.72. The van der Waals surface area contributed by atoms with Crippen molar-refractivity contribution in [2.45, 2.75) is 50.6 Å². The van der Waals surface area contributed by atoms with Crippen LogP contribution in [0.2, 0.25) is 0 Å². The molecule has 0 N–H and O–H groups in total. The maximum Gasteiger partial charge on any atom is 0.0214 e. The number of hydrogen-bond donors (Lipinski definition) is 0. The molecule has 2 saturated heterocycles. The highest BCUT2D eigenvalue weighted by Gasteiger charge is 2.20. The third-order valence-corrected chi connectivity index (χ3v) is 5.72. The molecule has 0 aliphatic carbocycles. The molecule has 2 aliphatic rings. The van der Waals surface area contributed by atoms with E-state index in [9.17, 15) is 0 Å². The van der Waals surface area contributed by atoms with Crippen LogP contribution in [-0.2, 0) is 0 Å². The Morgan fingerprint density at radius 2 is 1.00 bits per heavy atom. The molecular formula is C22H40N4. The van der Waals surface area contributed by atoms with Gasteiger partial charge in [-0.25, -0.2) is 0 Å². The molecule has 4 heteroatoms. The van der Waals surface area contributed by atoms with E-state index in [4.69, 9.17) is 12.8 Å². The molecule has 0 aromatic carbocycles. The first-order valence-corrected chi connectivity index (χ1v) is 10.1. The van der Waals surface area contributed by atoms with Gasteiger partial charge in [-0.1, -0.05) is 0 Å². The predicted octanol–water partition coefficient (Wildman–Crippen LogP) is 2.07. The summed E-state index contributed by atoms with van der Waals surface area (Å²) in [5, 5.41) is 0. The van der Waals surface area contributed by atoms with E-state index in [-0.39, 0.29) is 0 Å². The molecule has 0 bridgehead atoms. The fraction of sp³-hybridized carbons (Fsp3) is 0.818. The molecule has 0 aromatic rings. The van der Waals surface area contributed by atoms with Gasteiger partial charge in [-0.05, 0) is 80.1 Å². The van der Waals surface area contributed by atoms with Crippen LogP contribution in [0.3, 0.4) is 0 Å². The molecule has 148 valence electrons. The quantitative estimate of drug-likeness (QED) is 0.672. The van der Waals surface area contributed by atoms with Gasteiger partial charge < -0.3 is 19.6 Å². The summed E-state index contributed by atoms with van der Waals surface area (Å²) < 4.78 is 0. The number of likely N-dealkylation sites (tertiary alicyclic amines) is 2. The summed E-state index contributed by atoms with van der Waals surface area (Å²) >= 11 is 0. The average Bonchev–Trinajstić information content (AvgIpc) is 2.66. The van der Waals surface area contributed by atoms with Gasteiger partial charge in [0, 0.05) is 38.0 Å². The highest BCUT2D eigenvalue weighted by Crippen LogP contribution is 2.14. The van der Waals surface area contributed by atoms with E-state index in [1.807, 2.05) is 0 Å². The number of hydrogen-bond acceptors (Lipinski definition) is 4. The van der Waals surface area contributed by atoms with Gasteiger partial charge in [0.2, 0.25) is 0 Å². The van der Waals surface area contributed by atoms with Gasteiger partial charge in [0.1, 0.15) is 0 Å². The molecule has 4 nitrogen and oxygen atoms in total. The molecular weight excluding hydrogens is 320 g/mol. The van der Waals surface area contributed by atoms with Gasteiger partial charge in [0.15, 0.2) is 0 Å². The minimum absolute atomic E-state index is 0.780. The Morgan fingerprint density at radius 3 is 1.23 bits per heavy atom. The van der Waals surface area contributed by atoms with Gasteiger partial charge >= 0.3 is 0 Å². The fourth-order valence-electron chi connectivity index (χ4n) is 3.76. The van der Waals surface area contributed by atoms with E-state index >= 15 is 0 Å². The van der Waals surface area contributed by atoms with Gasteiger partial charge in [-0.2, -0.15) is 0 Å². The van der Waals surface area contributed by atoms with E-state index in [1.165, 1.54) is 51.9 Å². The smallest absolute Gasteiger partial charge is 0.0214 e. The fourth-order valence-corrected chi connectivity index (χ4v) is 3.76. The second-order valence-electron chi connectivity index (χ2n) is 7.98. The first-order chi connectivity index (χ1) is 12.5. The molecule has 0 spiro atoms. The molecule has 2 heterocycles. The Morgan fingerprint density at radius 1 is 0.692 bits per heavy atom. The zero-order valence-electron chi connectivity index (χ0n) is 17.6. The summed E-state index contributed by atoms with van der Waals surface area (Å²) in [4.78, 5) is 9.61. The lowest BCUT2D eigenvalue weighted by Crippen LogP contribution is -2.42. The molecule has 2 fully saturated rings. The van der Waals surface area contributed by atoms with Gasteiger partial charge in [-0.3, -0.25) is 0 Å². The van der Waals surface area contributed by atoms with E-state index in [2.05, 4.69) is 59.6 Å². The van der Waals surface area contributed by atoms with E-state index in [0.717, 1.165) is 38.0 Å². The minimum Gasteiger partial charge on any atom is -0.306 e. The van der Waals surface area contributed by atoms with Crippen molar-refractivity contribution in [1.29, 1.82) is 0 Å². The number of rotatable bonds is 6. The van der Waals surface area contributed by atoms with Crippen molar-refractivity contribution in [2.24, 2.45) is 0 Å². The predicted molar refractivity (Wildman–Crippen MR) is 113 cm³/mol. The minimum atomic E-state index is 0.780. The summed E-state index contributed by atoms with van der Waals surface area (Å²) in [6.45, 7) is 7.01. The Bertz CT molecular complexity index is 388. The van der Waals surface area contributed by atoms with Crippen molar-refractivity contribution < 1.29 is 0 Å². The summed E-state index contributed by atoms with van der Waals surface area (Å²) in [6, 6.07) is 1.56. The van der Waals surface area contributed by atoms with E-state index in [1.54, 1.807) is 0 Å². The van der Waals surface area contributed by atoms with Crippen LogP contribution >= 0.6 is 0 Å². The summed E-state index contributed by atoms with van der Waals surface area (Å²) in [6.07, 6.45) is 17.4. The van der Waals surface area contributed by atoms with E-state index in [0.29, 0.717) is 0 Å². The first kappa shape index (κ1) is 23.0. The number of terminal acetylenes is 2. The van der Waals surface area contributed by atoms with Crippen molar-refractivity contribution in [3.05, 3.63) is 0 Å². The lowest BCUT2D eigenvalue weighted by atomic mass is 10.0. The Kier molecular flexibility index (Phi) is 11.7. The summed E-state index contributed by atoms with van der Waals surface area (Å²) in [5.41, 5.74) is 0. The van der Waals surface area contributed by atoms with Crippen LogP contribution < -0.4 is 0 Å². The monoisotopic (exact) mass is 360 g/mol. The Hall–Kier alpha value is -1.04. The molecule has 0 atom stereocenters. The van der Waals surface area contributed by atoms with Crippen LogP contribution in [-0.4, -0.2) is 99.1 Å². The molecule has 0 unspecified atom stereocenters. The largest absolute Gasteiger partial charge is 0.306 e. The second-order valence-corrected chi connectivity index (χ2v) is 7.98. The Labute approximate surface area is 162 Å². The molecule has 0 amide bonds. The lowest BCUT2D eigenvalue weighted by molar-refractivity contribution is 0.147. The first-order valence-electron chi connectivity index (χ1n) is 10.1.